The number of hydrogen-bond donors (Lipinski definition) is 3. The van der Waals surface area contributed by atoms with Gasteiger partial charge < -0.3 is 20.6 Å². The van der Waals surface area contributed by atoms with E-state index in [0.717, 1.165) is 31.5 Å². The van der Waals surface area contributed by atoms with Crippen molar-refractivity contribution >= 4 is 17.7 Å². The van der Waals surface area contributed by atoms with Crippen LogP contribution in [0, 0.1) is 5.82 Å². The quantitative estimate of drug-likeness (QED) is 0.790. The van der Waals surface area contributed by atoms with Crippen LogP contribution in [-0.2, 0) is 0 Å². The Morgan fingerprint density at radius 2 is 2.24 bits per heavy atom. The smallest absolute Gasteiger partial charge is 0.338 e. The fraction of sp³-hybridized carbons (Fsp3) is 0.429. The van der Waals surface area contributed by atoms with Gasteiger partial charge in [0.15, 0.2) is 0 Å². The molecule has 1 aromatic rings. The Hall–Kier alpha value is -2.15. The summed E-state index contributed by atoms with van der Waals surface area (Å²) in [7, 11) is 2.01. The summed E-state index contributed by atoms with van der Waals surface area (Å²) in [4.78, 5) is 24.8. The van der Waals surface area contributed by atoms with Gasteiger partial charge in [-0.05, 0) is 44.6 Å². The third-order valence-corrected chi connectivity index (χ3v) is 3.62. The molecule has 0 aliphatic carbocycles. The van der Waals surface area contributed by atoms with Gasteiger partial charge in [-0.3, -0.25) is 0 Å². The van der Waals surface area contributed by atoms with Gasteiger partial charge in [-0.1, -0.05) is 0 Å². The first-order chi connectivity index (χ1) is 9.97. The summed E-state index contributed by atoms with van der Waals surface area (Å²) >= 11 is 0. The van der Waals surface area contributed by atoms with Gasteiger partial charge in [-0.25, -0.2) is 14.0 Å². The molecule has 1 fully saturated rings. The number of carboxylic acid groups (broad SMARTS) is 1. The molecule has 2 amide bonds. The van der Waals surface area contributed by atoms with Gasteiger partial charge in [0.25, 0.3) is 0 Å². The predicted molar refractivity (Wildman–Crippen MR) is 76.0 cm³/mol. The number of rotatable bonds is 4. The second kappa shape index (κ2) is 6.53. The number of likely N-dealkylation sites (N-methyl/N-ethyl adjacent to an activating group) is 1. The lowest BCUT2D eigenvalue weighted by Gasteiger charge is -2.19. The van der Waals surface area contributed by atoms with Gasteiger partial charge in [0.2, 0.25) is 0 Å². The lowest BCUT2D eigenvalue weighted by molar-refractivity contribution is 0.0692. The van der Waals surface area contributed by atoms with Crippen molar-refractivity contribution in [3.05, 3.63) is 29.6 Å². The van der Waals surface area contributed by atoms with Crippen LogP contribution < -0.4 is 10.6 Å². The number of anilines is 1. The molecule has 1 heterocycles. The molecule has 1 aromatic carbocycles. The van der Waals surface area contributed by atoms with Crippen LogP contribution in [0.2, 0.25) is 0 Å². The molecule has 7 heteroatoms. The first kappa shape index (κ1) is 15.2. The number of nitrogens with zero attached hydrogens (tertiary/aromatic N) is 1. The molecule has 1 atom stereocenters. The zero-order chi connectivity index (χ0) is 15.4. The minimum absolute atomic E-state index is 0.242. The van der Waals surface area contributed by atoms with E-state index >= 15 is 0 Å². The SMILES string of the molecule is CN1CCCC1CNC(=O)Nc1ccc(F)c(C(=O)O)c1. The summed E-state index contributed by atoms with van der Waals surface area (Å²) < 4.78 is 13.2. The van der Waals surface area contributed by atoms with Crippen molar-refractivity contribution < 1.29 is 19.1 Å². The van der Waals surface area contributed by atoms with Gasteiger partial charge in [0, 0.05) is 18.3 Å². The standard InChI is InChI=1S/C14H18FN3O3/c1-18-6-2-3-10(18)8-16-14(21)17-9-4-5-12(15)11(7-9)13(19)20/h4-5,7,10H,2-3,6,8H2,1H3,(H,19,20)(H2,16,17,21). The zero-order valence-electron chi connectivity index (χ0n) is 11.7. The van der Waals surface area contributed by atoms with Crippen molar-refractivity contribution in [2.24, 2.45) is 0 Å². The fourth-order valence-electron chi connectivity index (χ4n) is 2.39. The predicted octanol–water partition coefficient (Wildman–Crippen LogP) is 1.74. The van der Waals surface area contributed by atoms with Gasteiger partial charge in [0.1, 0.15) is 5.82 Å². The van der Waals surface area contributed by atoms with E-state index in [4.69, 9.17) is 5.11 Å². The van der Waals surface area contributed by atoms with E-state index in [9.17, 15) is 14.0 Å². The number of hydrogen-bond acceptors (Lipinski definition) is 3. The highest BCUT2D eigenvalue weighted by atomic mass is 19.1. The van der Waals surface area contributed by atoms with Crippen molar-refractivity contribution in [1.82, 2.24) is 10.2 Å². The molecule has 1 unspecified atom stereocenters. The van der Waals surface area contributed by atoms with E-state index in [-0.39, 0.29) is 5.69 Å². The van der Waals surface area contributed by atoms with Gasteiger partial charge in [0.05, 0.1) is 5.56 Å². The average molecular weight is 295 g/mol. The Labute approximate surface area is 121 Å². The van der Waals surface area contributed by atoms with Crippen LogP contribution in [0.3, 0.4) is 0 Å². The average Bonchev–Trinajstić information content (AvgIpc) is 2.84. The maximum Gasteiger partial charge on any atom is 0.338 e. The molecular formula is C14H18FN3O3. The maximum absolute atomic E-state index is 13.2. The summed E-state index contributed by atoms with van der Waals surface area (Å²) in [6.45, 7) is 1.54. The maximum atomic E-state index is 13.2. The van der Waals surface area contributed by atoms with Crippen LogP contribution >= 0.6 is 0 Å². The number of aromatic carboxylic acids is 1. The van der Waals surface area contributed by atoms with E-state index < -0.39 is 23.4 Å². The van der Waals surface area contributed by atoms with Crippen molar-refractivity contribution in [2.75, 3.05) is 25.5 Å². The molecule has 0 saturated carbocycles. The molecule has 1 aliphatic rings. The fourth-order valence-corrected chi connectivity index (χ4v) is 2.39. The Bertz CT molecular complexity index is 550. The normalized spacial score (nSPS) is 18.5. The summed E-state index contributed by atoms with van der Waals surface area (Å²) in [5.74, 6) is -2.20. The zero-order valence-corrected chi connectivity index (χ0v) is 11.7. The summed E-state index contributed by atoms with van der Waals surface area (Å²) in [6, 6.07) is 3.32. The summed E-state index contributed by atoms with van der Waals surface area (Å²) in [5, 5.41) is 14.1. The number of urea groups is 1. The van der Waals surface area contributed by atoms with Crippen molar-refractivity contribution in [3.63, 3.8) is 0 Å². The number of likely N-dealkylation sites (tertiary alicyclic amines) is 1. The van der Waals surface area contributed by atoms with Crippen molar-refractivity contribution in [2.45, 2.75) is 18.9 Å². The van der Waals surface area contributed by atoms with Crippen LogP contribution in [0.5, 0.6) is 0 Å². The second-order valence-electron chi connectivity index (χ2n) is 5.11. The van der Waals surface area contributed by atoms with E-state index in [1.54, 1.807) is 0 Å². The van der Waals surface area contributed by atoms with E-state index in [2.05, 4.69) is 15.5 Å². The minimum atomic E-state index is -1.37. The molecule has 21 heavy (non-hydrogen) atoms. The molecule has 0 aromatic heterocycles. The highest BCUT2D eigenvalue weighted by Gasteiger charge is 2.21. The highest BCUT2D eigenvalue weighted by molar-refractivity contribution is 5.93. The molecule has 0 bridgehead atoms. The molecular weight excluding hydrogens is 277 g/mol. The summed E-state index contributed by atoms with van der Waals surface area (Å²) in [5.41, 5.74) is -0.227. The Kier molecular flexibility index (Phi) is 4.74. The molecule has 2 rings (SSSR count). The van der Waals surface area contributed by atoms with Crippen LogP contribution in [0.25, 0.3) is 0 Å². The molecule has 6 nitrogen and oxygen atoms in total. The lowest BCUT2D eigenvalue weighted by atomic mass is 10.2. The monoisotopic (exact) mass is 295 g/mol. The van der Waals surface area contributed by atoms with Crippen LogP contribution in [0.4, 0.5) is 14.9 Å². The number of halogens is 1. The van der Waals surface area contributed by atoms with E-state index in [0.29, 0.717) is 12.6 Å². The Morgan fingerprint density at radius 1 is 1.48 bits per heavy atom. The number of carbonyl (C=O) groups excluding carboxylic acids is 1. The number of carbonyl (C=O) groups is 2. The highest BCUT2D eigenvalue weighted by Crippen LogP contribution is 2.15. The Balaban J connectivity index is 1.90. The lowest BCUT2D eigenvalue weighted by Crippen LogP contribution is -2.40. The molecule has 3 N–H and O–H groups in total. The van der Waals surface area contributed by atoms with Gasteiger partial charge in [-0.2, -0.15) is 0 Å². The molecule has 1 aliphatic heterocycles. The molecule has 0 radical (unpaired) electrons. The van der Waals surface area contributed by atoms with Gasteiger partial charge >= 0.3 is 12.0 Å². The third-order valence-electron chi connectivity index (χ3n) is 3.62. The molecule has 114 valence electrons. The van der Waals surface area contributed by atoms with E-state index in [1.807, 2.05) is 7.05 Å². The third kappa shape index (κ3) is 3.91. The molecule has 0 spiro atoms. The number of nitrogens with one attached hydrogen (secondary N) is 2. The topological polar surface area (TPSA) is 81.7 Å². The van der Waals surface area contributed by atoms with Crippen LogP contribution in [0.15, 0.2) is 18.2 Å². The minimum Gasteiger partial charge on any atom is -0.478 e. The first-order valence-electron chi connectivity index (χ1n) is 6.75. The summed E-state index contributed by atoms with van der Waals surface area (Å²) in [6.07, 6.45) is 2.15. The number of carboxylic acids is 1. The first-order valence-corrected chi connectivity index (χ1v) is 6.75. The van der Waals surface area contributed by atoms with Gasteiger partial charge in [-0.15, -0.1) is 0 Å². The van der Waals surface area contributed by atoms with Crippen molar-refractivity contribution in [1.29, 1.82) is 0 Å². The second-order valence-corrected chi connectivity index (χ2v) is 5.11. The van der Waals surface area contributed by atoms with E-state index in [1.165, 1.54) is 6.07 Å². The molecule has 1 saturated heterocycles. The van der Waals surface area contributed by atoms with Crippen LogP contribution in [0.1, 0.15) is 23.2 Å². The Morgan fingerprint density at radius 3 is 2.86 bits per heavy atom. The number of benzene rings is 1. The number of amides is 2. The largest absolute Gasteiger partial charge is 0.478 e. The van der Waals surface area contributed by atoms with Crippen molar-refractivity contribution in [3.8, 4) is 0 Å². The van der Waals surface area contributed by atoms with Crippen LogP contribution in [-0.4, -0.2) is 48.2 Å².